The zero-order valence-corrected chi connectivity index (χ0v) is 14.4. The van der Waals surface area contributed by atoms with Crippen LogP contribution in [0.3, 0.4) is 0 Å². The third-order valence-electron chi connectivity index (χ3n) is 4.09. The smallest absolute Gasteiger partial charge is 0.251 e. The number of methoxy groups -OCH3 is 1. The maximum absolute atomic E-state index is 14.2. The summed E-state index contributed by atoms with van der Waals surface area (Å²) in [5.41, 5.74) is 1.18. The number of hydrogen-bond acceptors (Lipinski definition) is 4. The molecule has 0 saturated heterocycles. The van der Waals surface area contributed by atoms with E-state index < -0.39 is 11.2 Å². The van der Waals surface area contributed by atoms with Gasteiger partial charge < -0.3 is 4.74 Å². The first kappa shape index (κ1) is 16.7. The third-order valence-corrected chi connectivity index (χ3v) is 4.09. The second-order valence-corrected chi connectivity index (χ2v) is 5.73. The predicted molar refractivity (Wildman–Crippen MR) is 98.9 cm³/mol. The molecule has 2 heterocycles. The highest BCUT2D eigenvalue weighted by molar-refractivity contribution is 5.59. The molecule has 0 N–H and O–H groups in total. The fourth-order valence-electron chi connectivity index (χ4n) is 2.80. The molecule has 7 heteroatoms. The second kappa shape index (κ2) is 6.87. The Labute approximate surface area is 154 Å². The molecule has 2 aromatic carbocycles. The van der Waals surface area contributed by atoms with Crippen molar-refractivity contribution in [1.82, 2.24) is 19.6 Å². The SMILES string of the molecule is [11CH3]Oc1cn(-c2ccccc2F)nc(-c2ccnn2-c2ccccc2)c1=O. The molecule has 0 radical (unpaired) electrons. The molecule has 0 atom stereocenters. The number of aromatic nitrogens is 4. The summed E-state index contributed by atoms with van der Waals surface area (Å²) < 4.78 is 22.3. The van der Waals surface area contributed by atoms with Crippen LogP contribution in [-0.2, 0) is 0 Å². The van der Waals surface area contributed by atoms with Crippen LogP contribution in [0.25, 0.3) is 22.8 Å². The van der Waals surface area contributed by atoms with E-state index in [-0.39, 0.29) is 17.1 Å². The van der Waals surface area contributed by atoms with Gasteiger partial charge in [0.1, 0.15) is 11.5 Å². The largest absolute Gasteiger partial charge is 0.491 e. The van der Waals surface area contributed by atoms with Gasteiger partial charge in [-0.2, -0.15) is 10.2 Å². The van der Waals surface area contributed by atoms with E-state index in [0.717, 1.165) is 5.69 Å². The van der Waals surface area contributed by atoms with E-state index in [9.17, 15) is 9.18 Å². The average molecular weight is 361 g/mol. The Hall–Kier alpha value is -3.74. The number of para-hydroxylation sites is 2. The van der Waals surface area contributed by atoms with Gasteiger partial charge in [0, 0.05) is 0 Å². The van der Waals surface area contributed by atoms with E-state index >= 15 is 0 Å². The van der Waals surface area contributed by atoms with E-state index in [1.165, 1.54) is 24.1 Å². The van der Waals surface area contributed by atoms with Gasteiger partial charge in [-0.3, -0.25) is 4.79 Å². The first-order valence-electron chi connectivity index (χ1n) is 8.22. The van der Waals surface area contributed by atoms with Crippen molar-refractivity contribution in [1.29, 1.82) is 0 Å². The molecule has 0 aliphatic carbocycles. The Balaban J connectivity index is 1.95. The Morgan fingerprint density at radius 3 is 2.48 bits per heavy atom. The van der Waals surface area contributed by atoms with Crippen LogP contribution in [0, 0.1) is 5.82 Å². The Morgan fingerprint density at radius 1 is 1.00 bits per heavy atom. The minimum absolute atomic E-state index is 0.0593. The summed E-state index contributed by atoms with van der Waals surface area (Å²) in [6.07, 6.45) is 2.95. The summed E-state index contributed by atoms with van der Waals surface area (Å²) in [5, 5.41) is 8.66. The summed E-state index contributed by atoms with van der Waals surface area (Å²) >= 11 is 0. The van der Waals surface area contributed by atoms with Crippen molar-refractivity contribution in [2.24, 2.45) is 0 Å². The van der Waals surface area contributed by atoms with Gasteiger partial charge in [0.15, 0.2) is 11.4 Å². The van der Waals surface area contributed by atoms with Crippen molar-refractivity contribution in [3.05, 3.63) is 89.1 Å². The number of ether oxygens (including phenoxy) is 1. The van der Waals surface area contributed by atoms with Crippen molar-refractivity contribution in [2.45, 2.75) is 0 Å². The molecule has 0 aliphatic rings. The number of rotatable bonds is 4. The lowest BCUT2D eigenvalue weighted by Gasteiger charge is -2.12. The standard InChI is InChI=1S/C20H15FN4O2/c1-27-18-13-24(16-10-6-5-9-15(16)21)23-19(20(18)26)17-11-12-22-25(17)14-7-3-2-4-8-14/h2-13H,1H3/i1-1. The van der Waals surface area contributed by atoms with Gasteiger partial charge >= 0.3 is 0 Å². The minimum Gasteiger partial charge on any atom is -0.491 e. The van der Waals surface area contributed by atoms with Crippen LogP contribution >= 0.6 is 0 Å². The van der Waals surface area contributed by atoms with Crippen LogP contribution in [0.15, 0.2) is 77.9 Å². The normalized spacial score (nSPS) is 10.7. The molecule has 0 unspecified atom stereocenters. The maximum atomic E-state index is 14.2. The Morgan fingerprint density at radius 2 is 1.74 bits per heavy atom. The highest BCUT2D eigenvalue weighted by Crippen LogP contribution is 2.21. The Bertz CT molecular complexity index is 1150. The summed E-state index contributed by atoms with van der Waals surface area (Å²) in [7, 11) is 1.39. The number of hydrogen-bond donors (Lipinski definition) is 0. The van der Waals surface area contributed by atoms with Gasteiger partial charge in [0.25, 0.3) is 5.43 Å². The van der Waals surface area contributed by atoms with Gasteiger partial charge in [0.2, 0.25) is 0 Å². The lowest BCUT2D eigenvalue weighted by molar-refractivity contribution is 0.405. The number of halogens is 1. The number of benzene rings is 2. The second-order valence-electron chi connectivity index (χ2n) is 5.73. The molecular formula is C20H15FN4O2. The summed E-state index contributed by atoms with van der Waals surface area (Å²) in [6.45, 7) is 0. The zero-order chi connectivity index (χ0) is 18.8. The minimum atomic E-state index is -0.460. The van der Waals surface area contributed by atoms with Crippen LogP contribution < -0.4 is 10.2 Å². The van der Waals surface area contributed by atoms with Crippen molar-refractivity contribution < 1.29 is 9.13 Å². The molecule has 0 bridgehead atoms. The lowest BCUT2D eigenvalue weighted by atomic mass is 10.2. The van der Waals surface area contributed by atoms with Gasteiger partial charge in [-0.1, -0.05) is 30.3 Å². The van der Waals surface area contributed by atoms with Crippen LogP contribution in [0.2, 0.25) is 0 Å². The molecule has 0 saturated carbocycles. The summed E-state index contributed by atoms with van der Waals surface area (Å²) in [5.74, 6) is -0.401. The van der Waals surface area contributed by atoms with Crippen LogP contribution in [-0.4, -0.2) is 26.7 Å². The highest BCUT2D eigenvalue weighted by atomic mass is 19.1. The summed E-state index contributed by atoms with van der Waals surface area (Å²) in [6, 6.07) is 17.2. The fourth-order valence-corrected chi connectivity index (χ4v) is 2.80. The maximum Gasteiger partial charge on any atom is 0.251 e. The topological polar surface area (TPSA) is 61.9 Å². The van der Waals surface area contributed by atoms with E-state index in [1.807, 2.05) is 30.3 Å². The third kappa shape index (κ3) is 2.99. The van der Waals surface area contributed by atoms with Crippen molar-refractivity contribution in [3.8, 4) is 28.5 Å². The molecule has 27 heavy (non-hydrogen) atoms. The van der Waals surface area contributed by atoms with E-state index in [0.29, 0.717) is 5.69 Å². The van der Waals surface area contributed by atoms with Gasteiger partial charge in [-0.25, -0.2) is 13.8 Å². The average Bonchev–Trinajstić information content (AvgIpc) is 3.19. The molecule has 0 fully saturated rings. The Kier molecular flexibility index (Phi) is 4.25. The quantitative estimate of drug-likeness (QED) is 0.560. The molecule has 134 valence electrons. The first-order chi connectivity index (χ1) is 13.2. The molecule has 0 aliphatic heterocycles. The fraction of sp³-hybridized carbons (Fsp3) is 0.0500. The van der Waals surface area contributed by atoms with Gasteiger partial charge in [-0.05, 0) is 30.3 Å². The number of nitrogens with zero attached hydrogens (tertiary/aromatic N) is 4. The van der Waals surface area contributed by atoms with Crippen molar-refractivity contribution in [3.63, 3.8) is 0 Å². The molecule has 6 nitrogen and oxygen atoms in total. The zero-order valence-electron chi connectivity index (χ0n) is 14.4. The summed E-state index contributed by atoms with van der Waals surface area (Å²) in [4.78, 5) is 12.8. The van der Waals surface area contributed by atoms with E-state index in [4.69, 9.17) is 4.74 Å². The van der Waals surface area contributed by atoms with E-state index in [2.05, 4.69) is 10.2 Å². The van der Waals surface area contributed by atoms with Crippen LogP contribution in [0.5, 0.6) is 5.75 Å². The van der Waals surface area contributed by atoms with Crippen LogP contribution in [0.4, 0.5) is 4.39 Å². The molecular weight excluding hydrogens is 346 g/mol. The highest BCUT2D eigenvalue weighted by Gasteiger charge is 2.18. The predicted octanol–water partition coefficient (Wildman–Crippen LogP) is 3.23. The molecule has 0 spiro atoms. The monoisotopic (exact) mass is 361 g/mol. The molecule has 2 aromatic heterocycles. The lowest BCUT2D eigenvalue weighted by Crippen LogP contribution is -2.18. The van der Waals surface area contributed by atoms with Gasteiger partial charge in [-0.15, -0.1) is 0 Å². The first-order valence-corrected chi connectivity index (χ1v) is 8.22. The van der Waals surface area contributed by atoms with Crippen molar-refractivity contribution >= 4 is 0 Å². The molecule has 0 amide bonds. The van der Waals surface area contributed by atoms with Crippen LogP contribution in [0.1, 0.15) is 0 Å². The molecule has 4 rings (SSSR count). The molecule has 4 aromatic rings. The van der Waals surface area contributed by atoms with E-state index in [1.54, 1.807) is 35.1 Å². The van der Waals surface area contributed by atoms with Crippen molar-refractivity contribution in [2.75, 3.05) is 7.11 Å². The van der Waals surface area contributed by atoms with Gasteiger partial charge in [0.05, 0.1) is 30.9 Å².